The number of nitrogens with zero attached hydrogens (tertiary/aromatic N) is 5. The van der Waals surface area contributed by atoms with Crippen molar-refractivity contribution in [1.29, 1.82) is 5.26 Å². The van der Waals surface area contributed by atoms with Crippen LogP contribution in [-0.2, 0) is 17.0 Å². The SMILES string of the molecule is N#Cc1ccc(CSc2nnc(NC(=O)Cc3csc(-c4ccccn4)n3)s2)cc1. The highest BCUT2D eigenvalue weighted by Crippen LogP contribution is 2.28. The molecule has 0 radical (unpaired) electrons. The number of rotatable bonds is 7. The lowest BCUT2D eigenvalue weighted by molar-refractivity contribution is -0.115. The number of thioether (sulfide) groups is 1. The van der Waals surface area contributed by atoms with E-state index in [2.05, 4.69) is 31.6 Å². The molecule has 0 atom stereocenters. The van der Waals surface area contributed by atoms with Crippen molar-refractivity contribution in [1.82, 2.24) is 20.2 Å². The number of pyridine rings is 1. The lowest BCUT2D eigenvalue weighted by atomic mass is 10.2. The van der Waals surface area contributed by atoms with E-state index in [0.717, 1.165) is 20.6 Å². The summed E-state index contributed by atoms with van der Waals surface area (Å²) in [6.07, 6.45) is 1.88. The molecule has 7 nitrogen and oxygen atoms in total. The first-order valence-electron chi connectivity index (χ1n) is 8.80. The molecular formula is C20H14N6OS3. The molecule has 4 rings (SSSR count). The van der Waals surface area contributed by atoms with E-state index in [-0.39, 0.29) is 12.3 Å². The summed E-state index contributed by atoms with van der Waals surface area (Å²) < 4.78 is 0.765. The Morgan fingerprint density at radius 3 is 2.80 bits per heavy atom. The number of nitrogens with one attached hydrogen (secondary N) is 1. The van der Waals surface area contributed by atoms with E-state index in [0.29, 0.717) is 22.1 Å². The maximum absolute atomic E-state index is 12.3. The van der Waals surface area contributed by atoms with Crippen LogP contribution in [0.5, 0.6) is 0 Å². The maximum atomic E-state index is 12.3. The van der Waals surface area contributed by atoms with Crippen LogP contribution in [0.2, 0.25) is 0 Å². The molecule has 148 valence electrons. The fraction of sp³-hybridized carbons (Fsp3) is 0.100. The van der Waals surface area contributed by atoms with E-state index < -0.39 is 0 Å². The Morgan fingerprint density at radius 1 is 1.17 bits per heavy atom. The van der Waals surface area contributed by atoms with Gasteiger partial charge in [0, 0.05) is 17.3 Å². The van der Waals surface area contributed by atoms with Crippen LogP contribution in [0, 0.1) is 11.3 Å². The minimum absolute atomic E-state index is 0.163. The molecule has 1 amide bonds. The highest BCUT2D eigenvalue weighted by atomic mass is 32.2. The third-order valence-electron chi connectivity index (χ3n) is 3.88. The Morgan fingerprint density at radius 2 is 2.03 bits per heavy atom. The molecule has 0 aliphatic heterocycles. The molecule has 0 aliphatic carbocycles. The number of anilines is 1. The summed E-state index contributed by atoms with van der Waals surface area (Å²) in [4.78, 5) is 21.1. The van der Waals surface area contributed by atoms with Crippen molar-refractivity contribution in [2.45, 2.75) is 16.5 Å². The van der Waals surface area contributed by atoms with Crippen LogP contribution < -0.4 is 5.32 Å². The zero-order valence-corrected chi connectivity index (χ0v) is 17.9. The smallest absolute Gasteiger partial charge is 0.232 e. The van der Waals surface area contributed by atoms with Crippen molar-refractivity contribution in [2.24, 2.45) is 0 Å². The standard InChI is InChI=1S/C20H14N6OS3/c21-10-13-4-6-14(7-5-13)11-29-20-26-25-19(30-20)24-17(27)9-15-12-28-18(23-15)16-3-1-2-8-22-16/h1-8,12H,9,11H2,(H,24,25,27). The van der Waals surface area contributed by atoms with Crippen LogP contribution in [0.15, 0.2) is 58.4 Å². The van der Waals surface area contributed by atoms with Gasteiger partial charge in [-0.2, -0.15) is 5.26 Å². The lowest BCUT2D eigenvalue weighted by Crippen LogP contribution is -2.14. The number of hydrogen-bond acceptors (Lipinski definition) is 9. The number of hydrogen-bond donors (Lipinski definition) is 1. The van der Waals surface area contributed by atoms with Crippen molar-refractivity contribution in [3.63, 3.8) is 0 Å². The van der Waals surface area contributed by atoms with Crippen LogP contribution >= 0.6 is 34.4 Å². The third-order valence-corrected chi connectivity index (χ3v) is 6.83. The van der Waals surface area contributed by atoms with Gasteiger partial charge in [0.25, 0.3) is 0 Å². The summed E-state index contributed by atoms with van der Waals surface area (Å²) in [5, 5.41) is 22.9. The number of benzene rings is 1. The van der Waals surface area contributed by atoms with Gasteiger partial charge in [-0.05, 0) is 29.8 Å². The molecule has 0 bridgehead atoms. The number of carbonyl (C=O) groups is 1. The van der Waals surface area contributed by atoms with Crippen molar-refractivity contribution >= 4 is 45.5 Å². The average Bonchev–Trinajstić information content (AvgIpc) is 3.43. The summed E-state index contributed by atoms with van der Waals surface area (Å²) in [5.41, 5.74) is 3.21. The Hall–Kier alpha value is -3.13. The van der Waals surface area contributed by atoms with E-state index >= 15 is 0 Å². The second-order valence-corrected chi connectivity index (χ2v) is 9.11. The van der Waals surface area contributed by atoms with Gasteiger partial charge in [-0.25, -0.2) is 4.98 Å². The molecule has 4 aromatic rings. The van der Waals surface area contributed by atoms with Gasteiger partial charge in [0.2, 0.25) is 11.0 Å². The first kappa shape index (κ1) is 20.2. The number of nitriles is 1. The molecule has 3 heterocycles. The first-order chi connectivity index (χ1) is 14.7. The van der Waals surface area contributed by atoms with Gasteiger partial charge in [-0.15, -0.1) is 21.5 Å². The van der Waals surface area contributed by atoms with Crippen molar-refractivity contribution in [3.05, 3.63) is 70.9 Å². The minimum Gasteiger partial charge on any atom is -0.300 e. The summed E-state index contributed by atoms with van der Waals surface area (Å²) in [7, 11) is 0. The van der Waals surface area contributed by atoms with Crippen LogP contribution in [-0.4, -0.2) is 26.1 Å². The first-order valence-corrected chi connectivity index (χ1v) is 11.5. The van der Waals surface area contributed by atoms with Gasteiger partial charge < -0.3 is 5.32 Å². The Balaban J connectivity index is 1.29. The third kappa shape index (κ3) is 5.27. The summed E-state index contributed by atoms with van der Waals surface area (Å²) in [6.45, 7) is 0. The Kier molecular flexibility index (Phi) is 6.44. The second-order valence-electron chi connectivity index (χ2n) is 6.05. The molecule has 3 aromatic heterocycles. The zero-order valence-electron chi connectivity index (χ0n) is 15.5. The molecule has 0 saturated heterocycles. The minimum atomic E-state index is -0.187. The molecule has 0 aliphatic rings. The van der Waals surface area contributed by atoms with E-state index in [1.54, 1.807) is 18.3 Å². The van der Waals surface area contributed by atoms with E-state index in [9.17, 15) is 4.79 Å². The molecule has 1 N–H and O–H groups in total. The largest absolute Gasteiger partial charge is 0.300 e. The fourth-order valence-electron chi connectivity index (χ4n) is 2.46. The van der Waals surface area contributed by atoms with E-state index in [1.165, 1.54) is 34.4 Å². The molecular weight excluding hydrogens is 436 g/mol. The molecule has 0 unspecified atom stereocenters. The molecule has 10 heteroatoms. The maximum Gasteiger partial charge on any atom is 0.232 e. The molecule has 0 saturated carbocycles. The van der Waals surface area contributed by atoms with E-state index in [1.807, 2.05) is 35.7 Å². The number of aromatic nitrogens is 4. The van der Waals surface area contributed by atoms with Crippen molar-refractivity contribution in [2.75, 3.05) is 5.32 Å². The zero-order chi connectivity index (χ0) is 20.8. The van der Waals surface area contributed by atoms with Crippen LogP contribution in [0.3, 0.4) is 0 Å². The second kappa shape index (κ2) is 9.58. The normalized spacial score (nSPS) is 10.5. The summed E-state index contributed by atoms with van der Waals surface area (Å²) in [6, 6.07) is 15.2. The van der Waals surface area contributed by atoms with Gasteiger partial charge in [0.05, 0.1) is 29.4 Å². The summed E-state index contributed by atoms with van der Waals surface area (Å²) in [5.74, 6) is 0.524. The highest BCUT2D eigenvalue weighted by molar-refractivity contribution is 8.00. The van der Waals surface area contributed by atoms with E-state index in [4.69, 9.17) is 5.26 Å². The van der Waals surface area contributed by atoms with Gasteiger partial charge in [0.15, 0.2) is 4.34 Å². The fourth-order valence-corrected chi connectivity index (χ4v) is 4.98. The monoisotopic (exact) mass is 450 g/mol. The molecule has 0 spiro atoms. The molecule has 0 fully saturated rings. The lowest BCUT2D eigenvalue weighted by Gasteiger charge is -1.99. The van der Waals surface area contributed by atoms with Gasteiger partial charge in [0.1, 0.15) is 5.01 Å². The predicted octanol–water partition coefficient (Wildman–Crippen LogP) is 4.40. The quantitative estimate of drug-likeness (QED) is 0.329. The van der Waals surface area contributed by atoms with Crippen LogP contribution in [0.1, 0.15) is 16.8 Å². The molecule has 1 aromatic carbocycles. The highest BCUT2D eigenvalue weighted by Gasteiger charge is 2.12. The summed E-state index contributed by atoms with van der Waals surface area (Å²) >= 11 is 4.32. The van der Waals surface area contributed by atoms with Crippen molar-refractivity contribution < 1.29 is 4.79 Å². The number of carbonyl (C=O) groups excluding carboxylic acids is 1. The predicted molar refractivity (Wildman–Crippen MR) is 118 cm³/mol. The van der Waals surface area contributed by atoms with Crippen LogP contribution in [0.4, 0.5) is 5.13 Å². The van der Waals surface area contributed by atoms with Crippen molar-refractivity contribution in [3.8, 4) is 16.8 Å². The Bertz CT molecular complexity index is 1180. The molecule has 30 heavy (non-hydrogen) atoms. The van der Waals surface area contributed by atoms with Gasteiger partial charge in [-0.3, -0.25) is 9.78 Å². The number of amides is 1. The topological polar surface area (TPSA) is 104 Å². The Labute approximate surface area is 184 Å². The average molecular weight is 451 g/mol. The van der Waals surface area contributed by atoms with Gasteiger partial charge in [-0.1, -0.05) is 41.3 Å². The van der Waals surface area contributed by atoms with Crippen LogP contribution in [0.25, 0.3) is 10.7 Å². The van der Waals surface area contributed by atoms with Gasteiger partial charge >= 0.3 is 0 Å². The number of thiazole rings is 1.